The summed E-state index contributed by atoms with van der Waals surface area (Å²) >= 11 is 5.86. The van der Waals surface area contributed by atoms with Crippen LogP contribution in [0.5, 0.6) is 0 Å². The van der Waals surface area contributed by atoms with Crippen LogP contribution in [-0.2, 0) is 4.79 Å². The molecule has 1 amide bonds. The average molecular weight is 355 g/mol. The molecule has 1 aromatic heterocycles. The summed E-state index contributed by atoms with van der Waals surface area (Å²) in [6, 6.07) is 19.4. The molecule has 3 rings (SSSR count). The Morgan fingerprint density at radius 3 is 2.52 bits per heavy atom. The van der Waals surface area contributed by atoms with Gasteiger partial charge in [0.1, 0.15) is 11.5 Å². The summed E-state index contributed by atoms with van der Waals surface area (Å²) in [5, 5.41) is 14.4. The molecule has 2 N–H and O–H groups in total. The summed E-state index contributed by atoms with van der Waals surface area (Å²) in [7, 11) is 0. The van der Waals surface area contributed by atoms with Crippen molar-refractivity contribution in [3.63, 3.8) is 0 Å². The normalized spacial score (nSPS) is 12.2. The van der Waals surface area contributed by atoms with Crippen LogP contribution in [0.25, 0.3) is 11.3 Å². The first-order valence-electron chi connectivity index (χ1n) is 7.55. The molecule has 5 nitrogen and oxygen atoms in total. The lowest BCUT2D eigenvalue weighted by Gasteiger charge is -2.08. The van der Waals surface area contributed by atoms with Crippen LogP contribution in [0.3, 0.4) is 0 Å². The first-order valence-corrected chi connectivity index (χ1v) is 7.93. The molecule has 1 heterocycles. The Labute approximate surface area is 149 Å². The van der Waals surface area contributed by atoms with Gasteiger partial charge in [-0.15, -0.1) is 0 Å². The van der Waals surface area contributed by atoms with E-state index in [1.165, 1.54) is 6.21 Å². The van der Waals surface area contributed by atoms with Gasteiger partial charge in [-0.2, -0.15) is 5.10 Å². The minimum Gasteiger partial charge on any atom is -0.455 e. The SMILES string of the molecule is O=C(N/N=C/c1ccc(-c2ccc(Cl)cc2)o1)C(O)c1ccccc1. The molecule has 0 saturated heterocycles. The van der Waals surface area contributed by atoms with Gasteiger partial charge < -0.3 is 9.52 Å². The fourth-order valence-electron chi connectivity index (χ4n) is 2.20. The Hall–Kier alpha value is -2.89. The lowest BCUT2D eigenvalue weighted by Crippen LogP contribution is -2.25. The third-order valence-corrected chi connectivity index (χ3v) is 3.74. The maximum Gasteiger partial charge on any atom is 0.273 e. The van der Waals surface area contributed by atoms with Crippen molar-refractivity contribution in [3.8, 4) is 11.3 Å². The van der Waals surface area contributed by atoms with E-state index in [2.05, 4.69) is 10.5 Å². The average Bonchev–Trinajstić information content (AvgIpc) is 3.11. The number of rotatable bonds is 5. The van der Waals surface area contributed by atoms with Crippen LogP contribution in [0, 0.1) is 0 Å². The van der Waals surface area contributed by atoms with Gasteiger partial charge in [0.15, 0.2) is 6.10 Å². The first kappa shape index (κ1) is 17.0. The topological polar surface area (TPSA) is 74.8 Å². The largest absolute Gasteiger partial charge is 0.455 e. The fraction of sp³-hybridized carbons (Fsp3) is 0.0526. The van der Waals surface area contributed by atoms with Gasteiger partial charge in [-0.05, 0) is 42.0 Å². The standard InChI is InChI=1S/C19H15ClN2O3/c20-15-8-6-13(7-9-15)17-11-10-16(25-17)12-21-22-19(24)18(23)14-4-2-1-3-5-14/h1-12,18,23H,(H,22,24)/b21-12+. The third kappa shape index (κ3) is 4.35. The van der Waals surface area contributed by atoms with Gasteiger partial charge in [0.2, 0.25) is 0 Å². The van der Waals surface area contributed by atoms with Crippen molar-refractivity contribution in [1.82, 2.24) is 5.43 Å². The highest BCUT2D eigenvalue weighted by Crippen LogP contribution is 2.23. The molecule has 6 heteroatoms. The molecule has 0 spiro atoms. The minimum atomic E-state index is -1.28. The molecule has 0 bridgehead atoms. The van der Waals surface area contributed by atoms with E-state index in [-0.39, 0.29) is 0 Å². The number of carbonyl (C=O) groups is 1. The van der Waals surface area contributed by atoms with E-state index in [0.29, 0.717) is 22.1 Å². The molecular formula is C19H15ClN2O3. The quantitative estimate of drug-likeness (QED) is 0.540. The van der Waals surface area contributed by atoms with Gasteiger partial charge in [-0.1, -0.05) is 41.9 Å². The van der Waals surface area contributed by atoms with Crippen molar-refractivity contribution in [2.75, 3.05) is 0 Å². The zero-order valence-corrected chi connectivity index (χ0v) is 13.9. The summed E-state index contributed by atoms with van der Waals surface area (Å²) < 4.78 is 5.63. The highest BCUT2D eigenvalue weighted by atomic mass is 35.5. The van der Waals surface area contributed by atoms with Crippen LogP contribution in [0.1, 0.15) is 17.4 Å². The molecule has 0 aliphatic heterocycles. The van der Waals surface area contributed by atoms with E-state index in [1.807, 2.05) is 12.1 Å². The number of halogens is 1. The lowest BCUT2D eigenvalue weighted by atomic mass is 10.1. The lowest BCUT2D eigenvalue weighted by molar-refractivity contribution is -0.129. The Kier molecular flexibility index (Phi) is 5.28. The predicted octanol–water partition coefficient (Wildman–Crippen LogP) is 3.78. The molecule has 25 heavy (non-hydrogen) atoms. The van der Waals surface area contributed by atoms with Crippen LogP contribution in [0.15, 0.2) is 76.2 Å². The number of hydrazone groups is 1. The highest BCUT2D eigenvalue weighted by Gasteiger charge is 2.16. The van der Waals surface area contributed by atoms with Crippen LogP contribution in [-0.4, -0.2) is 17.2 Å². The Morgan fingerprint density at radius 1 is 1.08 bits per heavy atom. The van der Waals surface area contributed by atoms with E-state index < -0.39 is 12.0 Å². The van der Waals surface area contributed by atoms with Crippen LogP contribution < -0.4 is 5.43 Å². The van der Waals surface area contributed by atoms with E-state index in [4.69, 9.17) is 16.0 Å². The van der Waals surface area contributed by atoms with Crippen molar-refractivity contribution < 1.29 is 14.3 Å². The number of furan rings is 1. The highest BCUT2D eigenvalue weighted by molar-refractivity contribution is 6.30. The van der Waals surface area contributed by atoms with Gasteiger partial charge in [0, 0.05) is 10.6 Å². The number of aliphatic hydroxyl groups is 1. The third-order valence-electron chi connectivity index (χ3n) is 3.49. The molecule has 0 aliphatic rings. The second-order valence-electron chi connectivity index (χ2n) is 5.26. The second kappa shape index (κ2) is 7.79. The number of carbonyl (C=O) groups excluding carboxylic acids is 1. The molecule has 0 aliphatic carbocycles. The maximum atomic E-state index is 11.9. The van der Waals surface area contributed by atoms with Gasteiger partial charge >= 0.3 is 0 Å². The number of amides is 1. The predicted molar refractivity (Wildman–Crippen MR) is 96.3 cm³/mol. The summed E-state index contributed by atoms with van der Waals surface area (Å²) in [6.45, 7) is 0. The first-order chi connectivity index (χ1) is 12.1. The molecule has 0 radical (unpaired) electrons. The van der Waals surface area contributed by atoms with E-state index in [0.717, 1.165) is 5.56 Å². The number of aliphatic hydroxyl groups excluding tert-OH is 1. The molecule has 1 atom stereocenters. The van der Waals surface area contributed by atoms with Crippen molar-refractivity contribution in [3.05, 3.63) is 83.1 Å². The van der Waals surface area contributed by atoms with Crippen LogP contribution in [0.4, 0.5) is 0 Å². The molecule has 126 valence electrons. The van der Waals surface area contributed by atoms with E-state index in [1.54, 1.807) is 54.6 Å². The number of benzene rings is 2. The number of nitrogens with one attached hydrogen (secondary N) is 1. The number of hydrogen-bond acceptors (Lipinski definition) is 4. The summed E-state index contributed by atoms with van der Waals surface area (Å²) in [5.41, 5.74) is 3.67. The zero-order chi connectivity index (χ0) is 17.6. The van der Waals surface area contributed by atoms with Crippen molar-refractivity contribution in [2.24, 2.45) is 5.10 Å². The van der Waals surface area contributed by atoms with Crippen LogP contribution in [0.2, 0.25) is 5.02 Å². The molecule has 3 aromatic rings. The van der Waals surface area contributed by atoms with Gasteiger partial charge in [0.25, 0.3) is 5.91 Å². The van der Waals surface area contributed by atoms with Gasteiger partial charge in [-0.25, -0.2) is 5.43 Å². The molecule has 0 saturated carbocycles. The second-order valence-corrected chi connectivity index (χ2v) is 5.69. The Morgan fingerprint density at radius 2 is 1.80 bits per heavy atom. The van der Waals surface area contributed by atoms with Gasteiger partial charge in [-0.3, -0.25) is 4.79 Å². The van der Waals surface area contributed by atoms with Gasteiger partial charge in [0.05, 0.1) is 6.21 Å². The van der Waals surface area contributed by atoms with Crippen molar-refractivity contribution in [1.29, 1.82) is 0 Å². The van der Waals surface area contributed by atoms with Crippen LogP contribution >= 0.6 is 11.6 Å². The Bertz CT molecular complexity index is 873. The maximum absolute atomic E-state index is 11.9. The molecule has 0 fully saturated rings. The molecular weight excluding hydrogens is 340 g/mol. The van der Waals surface area contributed by atoms with E-state index in [9.17, 15) is 9.90 Å². The summed E-state index contributed by atoms with van der Waals surface area (Å²) in [4.78, 5) is 11.9. The summed E-state index contributed by atoms with van der Waals surface area (Å²) in [5.74, 6) is 0.514. The number of hydrogen-bond donors (Lipinski definition) is 2. The van der Waals surface area contributed by atoms with E-state index >= 15 is 0 Å². The molecule has 1 unspecified atom stereocenters. The number of nitrogens with zero attached hydrogens (tertiary/aromatic N) is 1. The zero-order valence-electron chi connectivity index (χ0n) is 13.1. The summed E-state index contributed by atoms with van der Waals surface area (Å²) in [6.07, 6.45) is 0.0919. The molecule has 2 aromatic carbocycles. The van der Waals surface area contributed by atoms with Crippen molar-refractivity contribution in [2.45, 2.75) is 6.10 Å². The fourth-order valence-corrected chi connectivity index (χ4v) is 2.32. The smallest absolute Gasteiger partial charge is 0.273 e. The Balaban J connectivity index is 1.61. The monoisotopic (exact) mass is 354 g/mol. The van der Waals surface area contributed by atoms with Crippen molar-refractivity contribution >= 4 is 23.7 Å². The minimum absolute atomic E-state index is 0.472.